The van der Waals surface area contributed by atoms with E-state index in [0.29, 0.717) is 5.56 Å². The Labute approximate surface area is 113 Å². The maximum absolute atomic E-state index is 11.4. The monoisotopic (exact) mass is 268 g/mol. The van der Waals surface area contributed by atoms with Gasteiger partial charge in [0.25, 0.3) is 0 Å². The summed E-state index contributed by atoms with van der Waals surface area (Å²) in [6, 6.07) is 12.8. The first-order chi connectivity index (χ1) is 9.56. The Morgan fingerprint density at radius 3 is 2.35 bits per heavy atom. The molecule has 20 heavy (non-hydrogen) atoms. The van der Waals surface area contributed by atoms with E-state index < -0.39 is 22.1 Å². The van der Waals surface area contributed by atoms with E-state index in [4.69, 9.17) is 5.26 Å². The van der Waals surface area contributed by atoms with Gasteiger partial charge in [0, 0.05) is 5.56 Å². The molecule has 6 nitrogen and oxygen atoms in total. The third-order valence-corrected chi connectivity index (χ3v) is 2.78. The maximum Gasteiger partial charge on any atom is 0.343 e. The van der Waals surface area contributed by atoms with Gasteiger partial charge in [0.2, 0.25) is 0 Å². The van der Waals surface area contributed by atoms with Crippen LogP contribution in [0.4, 0.5) is 5.69 Å². The molecule has 1 N–H and O–H groups in total. The van der Waals surface area contributed by atoms with Crippen LogP contribution >= 0.6 is 0 Å². The molecule has 0 fully saturated rings. The molecule has 0 bridgehead atoms. The van der Waals surface area contributed by atoms with Crippen LogP contribution in [0.3, 0.4) is 0 Å². The molecule has 2 aromatic carbocycles. The van der Waals surface area contributed by atoms with Gasteiger partial charge in [-0.05, 0) is 11.6 Å². The summed E-state index contributed by atoms with van der Waals surface area (Å²) in [4.78, 5) is 21.6. The minimum Gasteiger partial charge on any atom is -0.477 e. The number of nitro groups is 1. The fraction of sp³-hybridized carbons (Fsp3) is 0. The number of carboxylic acid groups (broad SMARTS) is 1. The van der Waals surface area contributed by atoms with Crippen LogP contribution in [0.25, 0.3) is 11.1 Å². The predicted molar refractivity (Wildman–Crippen MR) is 70.2 cm³/mol. The second kappa shape index (κ2) is 5.20. The molecule has 0 aliphatic heterocycles. The van der Waals surface area contributed by atoms with Crippen LogP contribution in [0.2, 0.25) is 0 Å². The molecule has 0 amide bonds. The zero-order chi connectivity index (χ0) is 14.7. The van der Waals surface area contributed by atoms with Gasteiger partial charge in [0.1, 0.15) is 17.2 Å². The van der Waals surface area contributed by atoms with Crippen molar-refractivity contribution in [3.8, 4) is 17.2 Å². The number of carbonyl (C=O) groups is 1. The molecular formula is C14H8N2O4. The Bertz CT molecular complexity index is 733. The van der Waals surface area contributed by atoms with Crippen LogP contribution in [0.5, 0.6) is 0 Å². The minimum atomic E-state index is -1.44. The van der Waals surface area contributed by atoms with Crippen molar-refractivity contribution in [1.29, 1.82) is 5.26 Å². The van der Waals surface area contributed by atoms with Crippen LogP contribution in [-0.2, 0) is 0 Å². The number of rotatable bonds is 3. The molecule has 0 unspecified atom stereocenters. The molecular weight excluding hydrogens is 260 g/mol. The molecule has 2 rings (SSSR count). The Morgan fingerprint density at radius 1 is 1.20 bits per heavy atom. The van der Waals surface area contributed by atoms with Gasteiger partial charge >= 0.3 is 11.7 Å². The highest BCUT2D eigenvalue weighted by Gasteiger charge is 2.28. The molecule has 98 valence electrons. The number of nitrogens with zero attached hydrogens (tertiary/aromatic N) is 2. The van der Waals surface area contributed by atoms with Gasteiger partial charge in [-0.1, -0.05) is 36.4 Å². The standard InChI is InChI=1S/C14H8N2O4/c15-8-10-6-7-11(9-4-2-1-3-5-9)12(14(17)18)13(10)16(19)20/h1-7H,(H,17,18). The van der Waals surface area contributed by atoms with Crippen LogP contribution in [0, 0.1) is 21.4 Å². The lowest BCUT2D eigenvalue weighted by Crippen LogP contribution is -2.07. The van der Waals surface area contributed by atoms with Crippen molar-refractivity contribution in [1.82, 2.24) is 0 Å². The molecule has 0 aliphatic rings. The van der Waals surface area contributed by atoms with E-state index in [1.165, 1.54) is 12.1 Å². The van der Waals surface area contributed by atoms with Crippen molar-refractivity contribution < 1.29 is 14.8 Å². The summed E-state index contributed by atoms with van der Waals surface area (Å²) < 4.78 is 0. The zero-order valence-corrected chi connectivity index (χ0v) is 10.1. The lowest BCUT2D eigenvalue weighted by molar-refractivity contribution is -0.385. The lowest BCUT2D eigenvalue weighted by atomic mass is 9.95. The summed E-state index contributed by atoms with van der Waals surface area (Å²) in [5.74, 6) is -1.44. The summed E-state index contributed by atoms with van der Waals surface area (Å²) in [5, 5.41) is 29.2. The summed E-state index contributed by atoms with van der Waals surface area (Å²) in [6.45, 7) is 0. The van der Waals surface area contributed by atoms with Crippen LogP contribution in [-0.4, -0.2) is 16.0 Å². The highest BCUT2D eigenvalue weighted by Crippen LogP contribution is 2.33. The Morgan fingerprint density at radius 2 is 1.85 bits per heavy atom. The average Bonchev–Trinajstić information content (AvgIpc) is 2.46. The molecule has 0 saturated carbocycles. The zero-order valence-electron chi connectivity index (χ0n) is 10.1. The van der Waals surface area contributed by atoms with Gasteiger partial charge in [-0.3, -0.25) is 10.1 Å². The van der Waals surface area contributed by atoms with Crippen LogP contribution in [0.15, 0.2) is 42.5 Å². The Kier molecular flexibility index (Phi) is 3.44. The van der Waals surface area contributed by atoms with Crippen molar-refractivity contribution in [2.24, 2.45) is 0 Å². The third kappa shape index (κ3) is 2.20. The molecule has 0 heterocycles. The molecule has 0 spiro atoms. The van der Waals surface area contributed by atoms with Crippen molar-refractivity contribution in [3.63, 3.8) is 0 Å². The molecule has 0 radical (unpaired) electrons. The van der Waals surface area contributed by atoms with E-state index in [9.17, 15) is 20.0 Å². The van der Waals surface area contributed by atoms with Gasteiger partial charge in [-0.2, -0.15) is 5.26 Å². The Hall–Kier alpha value is -3.20. The molecule has 0 aromatic heterocycles. The largest absolute Gasteiger partial charge is 0.477 e. The number of nitriles is 1. The lowest BCUT2D eigenvalue weighted by Gasteiger charge is -2.07. The number of hydrogen-bond acceptors (Lipinski definition) is 4. The van der Waals surface area contributed by atoms with E-state index in [1.54, 1.807) is 36.4 Å². The van der Waals surface area contributed by atoms with Gasteiger partial charge < -0.3 is 5.11 Å². The summed E-state index contributed by atoms with van der Waals surface area (Å²) in [5.41, 5.74) is -0.671. The van der Waals surface area contributed by atoms with Crippen molar-refractivity contribution in [3.05, 3.63) is 63.7 Å². The fourth-order valence-electron chi connectivity index (χ4n) is 1.95. The highest BCUT2D eigenvalue weighted by molar-refractivity contribution is 6.01. The van der Waals surface area contributed by atoms with Gasteiger partial charge in [-0.15, -0.1) is 0 Å². The Balaban J connectivity index is 2.85. The molecule has 6 heteroatoms. The quantitative estimate of drug-likeness (QED) is 0.680. The number of hydrogen-bond donors (Lipinski definition) is 1. The number of benzene rings is 2. The predicted octanol–water partition coefficient (Wildman–Crippen LogP) is 2.83. The SMILES string of the molecule is N#Cc1ccc(-c2ccccc2)c(C(=O)O)c1[N+](=O)[O-]. The summed E-state index contributed by atoms with van der Waals surface area (Å²) >= 11 is 0. The number of nitro benzene ring substituents is 1. The summed E-state index contributed by atoms with van der Waals surface area (Å²) in [6.07, 6.45) is 0. The minimum absolute atomic E-state index is 0.212. The van der Waals surface area contributed by atoms with E-state index in [1.807, 2.05) is 0 Å². The van der Waals surface area contributed by atoms with Gasteiger partial charge in [0.05, 0.1) is 4.92 Å². The smallest absolute Gasteiger partial charge is 0.343 e. The van der Waals surface area contributed by atoms with Crippen LogP contribution < -0.4 is 0 Å². The van der Waals surface area contributed by atoms with E-state index in [2.05, 4.69) is 0 Å². The van der Waals surface area contributed by atoms with Gasteiger partial charge in [-0.25, -0.2) is 4.79 Å². The first kappa shape index (κ1) is 13.2. The first-order valence-corrected chi connectivity index (χ1v) is 5.56. The molecule has 2 aromatic rings. The molecule has 0 aliphatic carbocycles. The van der Waals surface area contributed by atoms with E-state index in [0.717, 1.165) is 0 Å². The first-order valence-electron chi connectivity index (χ1n) is 5.56. The summed E-state index contributed by atoms with van der Waals surface area (Å²) in [7, 11) is 0. The van der Waals surface area contributed by atoms with E-state index >= 15 is 0 Å². The van der Waals surface area contributed by atoms with Crippen molar-refractivity contribution in [2.45, 2.75) is 0 Å². The van der Waals surface area contributed by atoms with Crippen molar-refractivity contribution >= 4 is 11.7 Å². The molecule has 0 saturated heterocycles. The third-order valence-electron chi connectivity index (χ3n) is 2.78. The normalized spacial score (nSPS) is 9.75. The van der Waals surface area contributed by atoms with Crippen LogP contribution in [0.1, 0.15) is 15.9 Å². The second-order valence-corrected chi connectivity index (χ2v) is 3.92. The average molecular weight is 268 g/mol. The fourth-order valence-corrected chi connectivity index (χ4v) is 1.95. The van der Waals surface area contributed by atoms with Gasteiger partial charge in [0.15, 0.2) is 0 Å². The number of aromatic carboxylic acids is 1. The molecule has 0 atom stereocenters. The maximum atomic E-state index is 11.4. The van der Waals surface area contributed by atoms with E-state index in [-0.39, 0.29) is 11.1 Å². The number of carboxylic acids is 1. The topological polar surface area (TPSA) is 104 Å². The highest BCUT2D eigenvalue weighted by atomic mass is 16.6. The second-order valence-electron chi connectivity index (χ2n) is 3.92. The van der Waals surface area contributed by atoms with Crippen molar-refractivity contribution in [2.75, 3.05) is 0 Å².